The molecular weight excluding hydrogens is 779 g/mol. The quantitative estimate of drug-likeness (QED) is 0.168. The largest absolute Gasteiger partial charge is 0.504 e. The average molecular weight is 822 g/mol. The number of nitriles is 1. The van der Waals surface area contributed by atoms with Gasteiger partial charge in [0.05, 0.1) is 61.2 Å². The van der Waals surface area contributed by atoms with Gasteiger partial charge in [-0.1, -0.05) is 6.07 Å². The Hall–Kier alpha value is -5.60. The Morgan fingerprint density at radius 1 is 1.12 bits per heavy atom. The van der Waals surface area contributed by atoms with Crippen LogP contribution in [0, 0.1) is 25.2 Å². The van der Waals surface area contributed by atoms with E-state index in [1.54, 1.807) is 7.11 Å². The third kappa shape index (κ3) is 5.11. The average Bonchev–Trinajstić information content (AvgIpc) is 3.86. The number of methoxy groups -OCH3 is 2. The zero-order valence-electron chi connectivity index (χ0n) is 33.3. The number of phenols is 1. The Kier molecular flexibility index (Phi) is 8.59. The van der Waals surface area contributed by atoms with Gasteiger partial charge in [0, 0.05) is 52.4 Å². The minimum Gasteiger partial charge on any atom is -0.504 e. The number of carbonyl (C=O) groups is 2. The molecule has 7 aliphatic heterocycles. The third-order valence-corrected chi connectivity index (χ3v) is 14.5. The summed E-state index contributed by atoms with van der Waals surface area (Å²) < 4.78 is 36.1. The van der Waals surface area contributed by atoms with E-state index in [1.165, 1.54) is 32.1 Å². The predicted octanol–water partition coefficient (Wildman–Crippen LogP) is 4.38. The van der Waals surface area contributed by atoms with Crippen molar-refractivity contribution in [1.82, 2.24) is 20.1 Å². The van der Waals surface area contributed by atoms with Gasteiger partial charge in [0.25, 0.3) is 0 Å². The number of aliphatic hydroxyl groups excluding tert-OH is 1. The monoisotopic (exact) mass is 821 g/mol. The third-order valence-electron chi connectivity index (χ3n) is 13.1. The molecule has 4 N–H and O–H groups in total. The molecule has 8 heterocycles. The summed E-state index contributed by atoms with van der Waals surface area (Å²) in [6, 6.07) is 7.50. The number of hydrogen-bond donors (Lipinski definition) is 4. The maximum Gasteiger partial charge on any atom is 0.338 e. The van der Waals surface area contributed by atoms with E-state index >= 15 is 4.79 Å². The van der Waals surface area contributed by atoms with Crippen molar-refractivity contribution in [2.45, 2.75) is 74.6 Å². The van der Waals surface area contributed by atoms with Gasteiger partial charge in [-0.2, -0.15) is 5.26 Å². The van der Waals surface area contributed by atoms with Crippen molar-refractivity contribution in [3.05, 3.63) is 75.2 Å². The Morgan fingerprint density at radius 3 is 2.64 bits per heavy atom. The molecule has 15 nitrogen and oxygen atoms in total. The van der Waals surface area contributed by atoms with E-state index < -0.39 is 46.9 Å². The molecule has 0 saturated carbocycles. The first-order chi connectivity index (χ1) is 28.5. The van der Waals surface area contributed by atoms with Gasteiger partial charge in [0.15, 0.2) is 28.5 Å². The lowest BCUT2D eigenvalue weighted by Gasteiger charge is -2.61. The molecule has 0 unspecified atom stereocenters. The summed E-state index contributed by atoms with van der Waals surface area (Å²) in [6.07, 6.45) is 2.26. The predicted molar refractivity (Wildman–Crippen MR) is 215 cm³/mol. The topological polar surface area (TPSA) is 188 Å². The molecule has 0 radical (unpaired) electrons. The van der Waals surface area contributed by atoms with E-state index in [9.17, 15) is 20.3 Å². The van der Waals surface area contributed by atoms with Gasteiger partial charge in [-0.25, -0.2) is 4.79 Å². The van der Waals surface area contributed by atoms with Crippen LogP contribution < -0.4 is 29.0 Å². The minimum atomic E-state index is -1.52. The SMILES string of the molecule is COc1ccc2[nH]c3c(c2c1)C[C@H](CO)N[C@]31CS[C@@H]2c3c(OC(C)=O)c(C)c4c(c3/C(=C/OC1=O)N1[C@@H]2[C@H]2c3c(cc(C)c(OC)c3O)C[C@@H]([C@@H]1C#N)N2C)OCO4. The number of likely N-dealkylation sites (N-methyl/N-ethyl adjacent to an activating group) is 1. The fourth-order valence-electron chi connectivity index (χ4n) is 10.6. The van der Waals surface area contributed by atoms with Gasteiger partial charge >= 0.3 is 11.9 Å². The van der Waals surface area contributed by atoms with E-state index in [-0.39, 0.29) is 36.7 Å². The second kappa shape index (κ2) is 13.5. The van der Waals surface area contributed by atoms with E-state index in [0.29, 0.717) is 69.5 Å². The summed E-state index contributed by atoms with van der Waals surface area (Å²) in [5.74, 6) is 0.985. The van der Waals surface area contributed by atoms with Crippen molar-refractivity contribution >= 4 is 40.3 Å². The fraction of sp³-hybridized carbons (Fsp3) is 0.419. The van der Waals surface area contributed by atoms with Crippen molar-refractivity contribution in [3.8, 4) is 40.6 Å². The summed E-state index contributed by atoms with van der Waals surface area (Å²) in [4.78, 5) is 35.8. The second-order valence-electron chi connectivity index (χ2n) is 16.1. The number of ether oxygens (including phenoxy) is 6. The van der Waals surface area contributed by atoms with Crippen molar-refractivity contribution in [3.63, 3.8) is 0 Å². The van der Waals surface area contributed by atoms with Crippen LogP contribution in [0.5, 0.6) is 34.5 Å². The maximum absolute atomic E-state index is 15.1. The van der Waals surface area contributed by atoms with Gasteiger partial charge in [-0.3, -0.25) is 15.0 Å². The smallest absolute Gasteiger partial charge is 0.338 e. The summed E-state index contributed by atoms with van der Waals surface area (Å²) in [7, 11) is 5.10. The van der Waals surface area contributed by atoms with Gasteiger partial charge < -0.3 is 48.5 Å². The summed E-state index contributed by atoms with van der Waals surface area (Å²) >= 11 is 1.44. The number of aryl methyl sites for hydroxylation is 1. The molecular formula is C43H43N5O10S. The normalized spacial score (nSPS) is 28.4. The maximum atomic E-state index is 15.1. The lowest BCUT2D eigenvalue weighted by atomic mass is 9.72. The number of aromatic nitrogens is 1. The van der Waals surface area contributed by atoms with E-state index in [2.05, 4.69) is 21.3 Å². The Bertz CT molecular complexity index is 2580. The Balaban J connectivity index is 1.27. The van der Waals surface area contributed by atoms with Crippen LogP contribution >= 0.6 is 11.8 Å². The molecule has 59 heavy (non-hydrogen) atoms. The molecule has 1 fully saturated rings. The van der Waals surface area contributed by atoms with E-state index in [1.807, 2.05) is 50.1 Å². The number of piperazine rings is 1. The van der Waals surface area contributed by atoms with E-state index in [4.69, 9.17) is 28.4 Å². The number of benzene rings is 3. The number of aromatic hydroxyl groups is 1. The number of esters is 2. The number of carbonyl (C=O) groups excluding carboxylic acids is 2. The molecule has 306 valence electrons. The molecule has 11 rings (SSSR count). The lowest BCUT2D eigenvalue weighted by molar-refractivity contribution is -0.146. The number of rotatable bonds is 4. The highest BCUT2D eigenvalue weighted by Crippen LogP contribution is 2.64. The van der Waals surface area contributed by atoms with Crippen LogP contribution in [0.4, 0.5) is 0 Å². The molecule has 3 aromatic carbocycles. The number of H-pyrrole nitrogens is 1. The first-order valence-electron chi connectivity index (χ1n) is 19.5. The van der Waals surface area contributed by atoms with Gasteiger partial charge in [0.2, 0.25) is 6.79 Å². The zero-order chi connectivity index (χ0) is 41.2. The van der Waals surface area contributed by atoms with Crippen LogP contribution in [-0.4, -0.2) is 102 Å². The van der Waals surface area contributed by atoms with Crippen molar-refractivity contribution in [1.29, 1.82) is 5.26 Å². The number of nitrogens with one attached hydrogen (secondary N) is 2. The minimum absolute atomic E-state index is 0.0168. The number of fused-ring (bicyclic) bond motifs is 11. The molecule has 16 heteroatoms. The molecule has 1 saturated heterocycles. The zero-order valence-corrected chi connectivity index (χ0v) is 34.1. The standard InChI is InChI=1S/C43H43N5O10S/c1-18-9-21-10-27-28(13-44)48-29-15-55-42(52)43(41-25(11-22(14-49)46-43)24-12-23(53-5)7-8-26(24)45-41)16-59-40(34(48)33(47(27)4)30(21)35(51)36(18)54-6)32-31(29)39-38(56-17-57-39)19(2)37(32)58-20(3)50/h7-9,12,15,22,27-28,33-34,40,45-46,49,51H,10-11,14,16-17H2,1-6H3/b29-15-/t22-,27+,28+,33-,34-,40-,43-/m1/s1. The number of hydrogen-bond acceptors (Lipinski definition) is 15. The lowest BCUT2D eigenvalue weighted by Crippen LogP contribution is -2.67. The molecule has 1 aromatic heterocycles. The van der Waals surface area contributed by atoms with Crippen LogP contribution in [0.25, 0.3) is 16.6 Å². The summed E-state index contributed by atoms with van der Waals surface area (Å²) in [6.45, 7) is 4.69. The molecule has 4 aromatic rings. The highest BCUT2D eigenvalue weighted by Gasteiger charge is 2.60. The van der Waals surface area contributed by atoms with Crippen LogP contribution in [0.2, 0.25) is 0 Å². The molecule has 4 bridgehead atoms. The first kappa shape index (κ1) is 37.7. The molecule has 0 aliphatic carbocycles. The number of nitrogens with zero attached hydrogens (tertiary/aromatic N) is 3. The van der Waals surface area contributed by atoms with Crippen LogP contribution in [0.15, 0.2) is 30.5 Å². The molecule has 1 spiro atoms. The first-order valence-corrected chi connectivity index (χ1v) is 20.6. The second-order valence-corrected chi connectivity index (χ2v) is 17.2. The molecule has 7 aliphatic rings. The van der Waals surface area contributed by atoms with Crippen molar-refractivity contribution in [2.75, 3.05) is 40.4 Å². The van der Waals surface area contributed by atoms with Gasteiger partial charge in [0.1, 0.15) is 23.8 Å². The van der Waals surface area contributed by atoms with Crippen LogP contribution in [-0.2, 0) is 32.7 Å². The van der Waals surface area contributed by atoms with Crippen LogP contribution in [0.3, 0.4) is 0 Å². The summed E-state index contributed by atoms with van der Waals surface area (Å²) in [5.41, 5.74) is 5.11. The van der Waals surface area contributed by atoms with Gasteiger partial charge in [-0.15, -0.1) is 11.8 Å². The summed E-state index contributed by atoms with van der Waals surface area (Å²) in [5, 5.41) is 37.8. The molecule has 0 amide bonds. The van der Waals surface area contributed by atoms with Crippen molar-refractivity contribution < 1.29 is 48.2 Å². The number of phenolic OH excluding ortho intramolecular Hbond substituents is 1. The highest BCUT2D eigenvalue weighted by atomic mass is 32.2. The number of aromatic amines is 1. The van der Waals surface area contributed by atoms with Crippen LogP contribution in [0.1, 0.15) is 62.9 Å². The van der Waals surface area contributed by atoms with Crippen molar-refractivity contribution in [2.24, 2.45) is 0 Å². The van der Waals surface area contributed by atoms with E-state index in [0.717, 1.165) is 27.6 Å². The van der Waals surface area contributed by atoms with Gasteiger partial charge in [-0.05, 0) is 68.6 Å². The Morgan fingerprint density at radius 2 is 1.92 bits per heavy atom. The molecule has 7 atom stereocenters. The number of aliphatic hydroxyl groups is 1. The highest BCUT2D eigenvalue weighted by molar-refractivity contribution is 7.99. The Labute approximate surface area is 343 Å². The fourth-order valence-corrected chi connectivity index (χ4v) is 12.3. The number of thioether (sulfide) groups is 1.